The van der Waals surface area contributed by atoms with Gasteiger partial charge in [0.2, 0.25) is 0 Å². The van der Waals surface area contributed by atoms with E-state index in [4.69, 9.17) is 23.4 Å². The van der Waals surface area contributed by atoms with Crippen molar-refractivity contribution in [2.75, 3.05) is 0 Å². The van der Waals surface area contributed by atoms with Gasteiger partial charge in [0.15, 0.2) is 0 Å². The zero-order valence-corrected chi connectivity index (χ0v) is 19.0. The Hall–Kier alpha value is -1.68. The summed E-state index contributed by atoms with van der Waals surface area (Å²) in [5.41, 5.74) is 4.25. The van der Waals surface area contributed by atoms with Crippen molar-refractivity contribution in [3.8, 4) is 5.75 Å². The van der Waals surface area contributed by atoms with Gasteiger partial charge in [0.25, 0.3) is 5.91 Å². The van der Waals surface area contributed by atoms with Gasteiger partial charge >= 0.3 is 10.4 Å². The fourth-order valence-corrected chi connectivity index (χ4v) is 2.99. The molecule has 8 nitrogen and oxygen atoms in total. The first-order chi connectivity index (χ1) is 13.1. The lowest BCUT2D eigenvalue weighted by molar-refractivity contribution is 0.0950. The Morgan fingerprint density at radius 3 is 2.14 bits per heavy atom. The number of carbonyl (C=O) groups is 1. The number of hydrogen-bond acceptors (Lipinski definition) is 5. The van der Waals surface area contributed by atoms with Gasteiger partial charge < -0.3 is 5.11 Å². The van der Waals surface area contributed by atoms with E-state index in [2.05, 4.69) is 53.0 Å². The van der Waals surface area contributed by atoms with Crippen LogP contribution in [0, 0.1) is 5.92 Å². The lowest BCUT2D eigenvalue weighted by Gasteiger charge is -2.28. The molecule has 0 fully saturated rings. The summed E-state index contributed by atoms with van der Waals surface area (Å²) in [5.74, 6) is 5.77. The number of phenolic OH excluding ortho intramolecular Hbond substituents is 1. The van der Waals surface area contributed by atoms with Crippen molar-refractivity contribution in [1.82, 2.24) is 5.43 Å². The smallest absolute Gasteiger partial charge is 0.394 e. The van der Waals surface area contributed by atoms with Gasteiger partial charge in [-0.25, -0.2) is 5.84 Å². The second-order valence-corrected chi connectivity index (χ2v) is 9.26. The molecule has 0 aliphatic rings. The lowest BCUT2D eigenvalue weighted by Crippen LogP contribution is -2.31. The van der Waals surface area contributed by atoms with Gasteiger partial charge in [-0.05, 0) is 47.3 Å². The Balaban J connectivity index is 0.00000139. The van der Waals surface area contributed by atoms with Gasteiger partial charge in [0.05, 0.1) is 5.56 Å². The average Bonchev–Trinajstić information content (AvgIpc) is 2.58. The van der Waals surface area contributed by atoms with Crippen LogP contribution in [0.2, 0.25) is 0 Å². The highest BCUT2D eigenvalue weighted by Gasteiger charge is 2.26. The number of benzene rings is 1. The standard InChI is InChI=1S/C20H34N2O2.H2O4S/c1-7-14(4)16-11-15(12-17(18(16)23)19(24)22-21)20(5,6)10-8-9-13(2)3;1-5(2,3)4/h11-14,23H,7-10,21H2,1-6H3,(H,22,24);(H2,1,2,3,4). The first kappa shape index (κ1) is 27.3. The van der Waals surface area contributed by atoms with Crippen molar-refractivity contribution in [3.05, 3.63) is 28.8 Å². The molecule has 168 valence electrons. The highest BCUT2D eigenvalue weighted by molar-refractivity contribution is 7.79. The maximum atomic E-state index is 12.1. The van der Waals surface area contributed by atoms with Crippen LogP contribution in [0.4, 0.5) is 0 Å². The minimum Gasteiger partial charge on any atom is -0.507 e. The quantitative estimate of drug-likeness (QED) is 0.180. The molecule has 1 aromatic carbocycles. The van der Waals surface area contributed by atoms with Crippen molar-refractivity contribution in [2.24, 2.45) is 11.8 Å². The molecule has 1 atom stereocenters. The number of rotatable bonds is 8. The zero-order chi connectivity index (χ0) is 23.0. The molecule has 0 radical (unpaired) electrons. The molecule has 1 amide bonds. The molecule has 0 saturated carbocycles. The van der Waals surface area contributed by atoms with Crippen molar-refractivity contribution in [1.29, 1.82) is 0 Å². The van der Waals surface area contributed by atoms with E-state index in [9.17, 15) is 9.90 Å². The Morgan fingerprint density at radius 2 is 1.72 bits per heavy atom. The Morgan fingerprint density at radius 1 is 1.21 bits per heavy atom. The summed E-state index contributed by atoms with van der Waals surface area (Å²) >= 11 is 0. The number of nitrogens with two attached hydrogens (primary N) is 1. The first-order valence-corrected chi connectivity index (χ1v) is 11.1. The van der Waals surface area contributed by atoms with Gasteiger partial charge in [-0.2, -0.15) is 8.42 Å². The van der Waals surface area contributed by atoms with Gasteiger partial charge in [0, 0.05) is 0 Å². The summed E-state index contributed by atoms with van der Waals surface area (Å²) in [6.45, 7) is 13.0. The molecular formula is C20H36N2O6S. The number of carbonyl (C=O) groups excluding carboxylic acids is 1. The number of hydrazine groups is 1. The lowest BCUT2D eigenvalue weighted by atomic mass is 9.77. The molecule has 0 spiro atoms. The minimum atomic E-state index is -4.67. The molecule has 29 heavy (non-hydrogen) atoms. The van der Waals surface area contributed by atoms with E-state index < -0.39 is 16.3 Å². The van der Waals surface area contributed by atoms with Crippen molar-refractivity contribution >= 4 is 16.3 Å². The zero-order valence-electron chi connectivity index (χ0n) is 18.2. The van der Waals surface area contributed by atoms with Crippen molar-refractivity contribution < 1.29 is 27.4 Å². The highest BCUT2D eigenvalue weighted by Crippen LogP contribution is 2.38. The van der Waals surface area contributed by atoms with Gasteiger partial charge in [-0.1, -0.05) is 60.5 Å². The maximum absolute atomic E-state index is 12.1. The van der Waals surface area contributed by atoms with E-state index in [0.29, 0.717) is 5.92 Å². The Kier molecular flexibility index (Phi) is 10.8. The molecule has 0 bridgehead atoms. The summed E-state index contributed by atoms with van der Waals surface area (Å²) in [4.78, 5) is 12.1. The van der Waals surface area contributed by atoms with Gasteiger partial charge in [-0.15, -0.1) is 0 Å². The predicted molar refractivity (Wildman–Crippen MR) is 114 cm³/mol. The van der Waals surface area contributed by atoms with E-state index in [1.54, 1.807) is 6.07 Å². The van der Waals surface area contributed by atoms with Crippen LogP contribution >= 0.6 is 0 Å². The van der Waals surface area contributed by atoms with E-state index in [0.717, 1.165) is 30.4 Å². The third-order valence-corrected chi connectivity index (χ3v) is 5.02. The molecule has 0 aromatic heterocycles. The Labute approximate surface area is 174 Å². The molecule has 9 heteroatoms. The largest absolute Gasteiger partial charge is 0.507 e. The fourth-order valence-electron chi connectivity index (χ4n) is 2.99. The van der Waals surface area contributed by atoms with E-state index in [-0.39, 0.29) is 22.6 Å². The van der Waals surface area contributed by atoms with E-state index >= 15 is 0 Å². The Bertz CT molecular complexity index is 767. The van der Waals surface area contributed by atoms with Crippen molar-refractivity contribution in [3.63, 3.8) is 0 Å². The molecule has 0 heterocycles. The molecule has 0 saturated heterocycles. The van der Waals surface area contributed by atoms with Gasteiger partial charge in [-0.3, -0.25) is 19.3 Å². The molecule has 6 N–H and O–H groups in total. The SMILES string of the molecule is CCC(C)c1cc(C(C)(C)CCCC(C)C)cc(C(=O)NN)c1O.O=S(=O)(O)O. The van der Waals surface area contributed by atoms with Crippen LogP contribution in [-0.4, -0.2) is 28.5 Å². The number of hydrogen-bond donors (Lipinski definition) is 5. The van der Waals surface area contributed by atoms with E-state index in [1.807, 2.05) is 0 Å². The number of phenols is 1. The number of nitrogen functional groups attached to an aromatic ring is 1. The first-order valence-electron chi connectivity index (χ1n) is 9.72. The molecule has 0 aliphatic carbocycles. The minimum absolute atomic E-state index is 0.0500. The van der Waals surface area contributed by atoms with Crippen LogP contribution in [0.3, 0.4) is 0 Å². The molecule has 1 unspecified atom stereocenters. The molecule has 1 aromatic rings. The summed E-state index contributed by atoms with van der Waals surface area (Å²) < 4.78 is 31.6. The maximum Gasteiger partial charge on any atom is 0.394 e. The average molecular weight is 433 g/mol. The normalized spacial score (nSPS) is 12.9. The second-order valence-electron chi connectivity index (χ2n) is 8.36. The third kappa shape index (κ3) is 10.1. The second kappa shape index (κ2) is 11.5. The van der Waals surface area contributed by atoms with Crippen molar-refractivity contribution in [2.45, 2.75) is 78.6 Å². The predicted octanol–water partition coefficient (Wildman–Crippen LogP) is 3.96. The van der Waals surface area contributed by atoms with Crippen LogP contribution in [0.25, 0.3) is 0 Å². The van der Waals surface area contributed by atoms with Crippen LogP contribution in [-0.2, 0) is 15.8 Å². The monoisotopic (exact) mass is 432 g/mol. The topological polar surface area (TPSA) is 150 Å². The van der Waals surface area contributed by atoms with Gasteiger partial charge in [0.1, 0.15) is 5.75 Å². The van der Waals surface area contributed by atoms with E-state index in [1.165, 1.54) is 6.42 Å². The summed E-state index contributed by atoms with van der Waals surface area (Å²) in [6.07, 6.45) is 4.27. The number of amides is 1. The number of nitrogens with one attached hydrogen (secondary N) is 1. The fraction of sp³-hybridized carbons (Fsp3) is 0.650. The van der Waals surface area contributed by atoms with Crippen LogP contribution < -0.4 is 11.3 Å². The summed E-state index contributed by atoms with van der Waals surface area (Å²) in [6, 6.07) is 3.85. The van der Waals surface area contributed by atoms with Crippen LogP contribution in [0.1, 0.15) is 94.6 Å². The third-order valence-electron chi connectivity index (χ3n) is 5.02. The molecule has 0 aliphatic heterocycles. The highest BCUT2D eigenvalue weighted by atomic mass is 32.3. The number of aromatic hydroxyl groups is 1. The van der Waals surface area contributed by atoms with Crippen LogP contribution in [0.5, 0.6) is 5.75 Å². The molecule has 1 rings (SSSR count). The van der Waals surface area contributed by atoms with Crippen LogP contribution in [0.15, 0.2) is 12.1 Å². The summed E-state index contributed by atoms with van der Waals surface area (Å²) in [5, 5.41) is 10.5. The molecular weight excluding hydrogens is 396 g/mol. The summed E-state index contributed by atoms with van der Waals surface area (Å²) in [7, 11) is -4.67.